The molecule has 1 aliphatic rings. The minimum Gasteiger partial charge on any atom is -0.480 e. The second kappa shape index (κ2) is 11.9. The van der Waals surface area contributed by atoms with Gasteiger partial charge in [-0.3, -0.25) is 4.90 Å². The number of rotatable bonds is 8. The molecule has 0 radical (unpaired) electrons. The van der Waals surface area contributed by atoms with Gasteiger partial charge in [0.25, 0.3) is 6.10 Å². The fourth-order valence-corrected chi connectivity index (χ4v) is 4.42. The smallest absolute Gasteiger partial charge is 0.434 e. The summed E-state index contributed by atoms with van der Waals surface area (Å²) in [6.45, 7) is 4.28. The van der Waals surface area contributed by atoms with Crippen LogP contribution in [-0.2, 0) is 22.3 Å². The molecule has 16 heteroatoms. The molecule has 0 saturated carbocycles. The third-order valence-corrected chi connectivity index (χ3v) is 7.13. The first-order valence-electron chi connectivity index (χ1n) is 12.1. The highest BCUT2D eigenvalue weighted by Crippen LogP contribution is 2.38. The molecule has 2 rings (SSSR count). The molecular weight excluding hydrogens is 565 g/mol. The van der Waals surface area contributed by atoms with Crippen LogP contribution in [0.25, 0.3) is 0 Å². The Kier molecular flexibility index (Phi) is 9.91. The summed E-state index contributed by atoms with van der Waals surface area (Å²) in [4.78, 5) is 27.5. The Labute approximate surface area is 224 Å². The Hall–Kier alpha value is -2.91. The number of carboxylic acids is 1. The van der Waals surface area contributed by atoms with Gasteiger partial charge in [-0.05, 0) is 58.4 Å². The maximum atomic E-state index is 13.4. The number of likely N-dealkylation sites (N-methyl/N-ethyl adjacent to an activating group) is 1. The van der Waals surface area contributed by atoms with E-state index >= 15 is 0 Å². The van der Waals surface area contributed by atoms with Gasteiger partial charge in [0.15, 0.2) is 0 Å². The minimum absolute atomic E-state index is 0.0292. The van der Waals surface area contributed by atoms with E-state index in [1.165, 1.54) is 17.9 Å². The van der Waals surface area contributed by atoms with E-state index in [0.717, 1.165) is 17.0 Å². The highest BCUT2D eigenvalue weighted by molar-refractivity contribution is 5.78. The standard InChI is InChI=1S/C24H30F9N3O4/c1-5-36(14(2)18(37)38)17-12-16(22(25,26)27)7-6-15(17)13-34(4)21(3)8-10-35(11-9-21)20(39)40-19(23(28,29)30)24(31,32)33/h6-7,12,14,19H,5,8-11,13H2,1-4H3,(H,37,38). The van der Waals surface area contributed by atoms with Crippen molar-refractivity contribution in [3.05, 3.63) is 29.3 Å². The van der Waals surface area contributed by atoms with Gasteiger partial charge in [-0.15, -0.1) is 0 Å². The molecule has 1 aromatic rings. The summed E-state index contributed by atoms with van der Waals surface area (Å²) in [5.41, 5.74) is -1.32. The molecule has 0 bridgehead atoms. The summed E-state index contributed by atoms with van der Waals surface area (Å²) in [5.74, 6) is -1.25. The second-order valence-electron chi connectivity index (χ2n) is 9.83. The molecule has 1 aromatic carbocycles. The van der Waals surface area contributed by atoms with Crippen molar-refractivity contribution in [3.8, 4) is 0 Å². The topological polar surface area (TPSA) is 73.3 Å². The Bertz CT molecular complexity index is 1040. The third-order valence-electron chi connectivity index (χ3n) is 7.13. The van der Waals surface area contributed by atoms with Crippen LogP contribution >= 0.6 is 0 Å². The molecule has 1 atom stereocenters. The van der Waals surface area contributed by atoms with Crippen LogP contribution in [0.4, 0.5) is 50.0 Å². The summed E-state index contributed by atoms with van der Waals surface area (Å²) in [7, 11) is 1.62. The lowest BCUT2D eigenvalue weighted by Crippen LogP contribution is -2.54. The molecule has 0 aliphatic carbocycles. The normalized spacial score (nSPS) is 17.2. The highest BCUT2D eigenvalue weighted by Gasteiger charge is 2.60. The fourth-order valence-electron chi connectivity index (χ4n) is 4.42. The Morgan fingerprint density at radius 2 is 1.57 bits per heavy atom. The molecular formula is C24H30F9N3O4. The van der Waals surface area contributed by atoms with Gasteiger partial charge < -0.3 is 19.6 Å². The molecule has 1 fully saturated rings. The zero-order chi connectivity index (χ0) is 30.8. The Morgan fingerprint density at radius 3 is 2.00 bits per heavy atom. The zero-order valence-electron chi connectivity index (χ0n) is 22.0. The second-order valence-corrected chi connectivity index (χ2v) is 9.83. The van der Waals surface area contributed by atoms with E-state index in [4.69, 9.17) is 0 Å². The van der Waals surface area contributed by atoms with Crippen LogP contribution in [-0.4, -0.2) is 83.7 Å². The molecule has 1 amide bonds. The van der Waals surface area contributed by atoms with Gasteiger partial charge in [-0.25, -0.2) is 9.59 Å². The number of benzene rings is 1. The number of hydrogen-bond acceptors (Lipinski definition) is 5. The number of nitrogens with zero attached hydrogens (tertiary/aromatic N) is 3. The van der Waals surface area contributed by atoms with Crippen LogP contribution in [0.2, 0.25) is 0 Å². The number of carbonyl (C=O) groups excluding carboxylic acids is 1. The summed E-state index contributed by atoms with van der Waals surface area (Å²) in [6, 6.07) is 1.81. The zero-order valence-corrected chi connectivity index (χ0v) is 22.0. The molecule has 40 heavy (non-hydrogen) atoms. The fraction of sp³-hybridized carbons (Fsp3) is 0.667. The van der Waals surface area contributed by atoms with Crippen LogP contribution in [0, 0.1) is 0 Å². The predicted octanol–water partition coefficient (Wildman–Crippen LogP) is 5.92. The lowest BCUT2D eigenvalue weighted by atomic mass is 9.87. The molecule has 1 saturated heterocycles. The maximum absolute atomic E-state index is 13.4. The van der Waals surface area contributed by atoms with Crippen molar-refractivity contribution in [3.63, 3.8) is 0 Å². The molecule has 0 aromatic heterocycles. The molecule has 7 nitrogen and oxygen atoms in total. The highest BCUT2D eigenvalue weighted by atomic mass is 19.4. The number of carboxylic acid groups (broad SMARTS) is 1. The number of anilines is 1. The maximum Gasteiger partial charge on any atom is 0.434 e. The van der Waals surface area contributed by atoms with E-state index in [2.05, 4.69) is 4.74 Å². The van der Waals surface area contributed by atoms with Gasteiger partial charge in [0.2, 0.25) is 0 Å². The first-order chi connectivity index (χ1) is 18.1. The minimum atomic E-state index is -5.84. The van der Waals surface area contributed by atoms with Crippen LogP contribution in [0.3, 0.4) is 0 Å². The van der Waals surface area contributed by atoms with Crippen LogP contribution in [0.5, 0.6) is 0 Å². The van der Waals surface area contributed by atoms with Crippen LogP contribution in [0.1, 0.15) is 44.7 Å². The van der Waals surface area contributed by atoms with E-state index in [0.29, 0.717) is 5.56 Å². The average Bonchev–Trinajstić information content (AvgIpc) is 2.81. The number of piperidine rings is 1. The van der Waals surface area contributed by atoms with E-state index in [-0.39, 0.29) is 44.7 Å². The molecule has 1 unspecified atom stereocenters. The van der Waals surface area contributed by atoms with Crippen molar-refractivity contribution in [2.75, 3.05) is 31.6 Å². The SMILES string of the molecule is CCN(c1cc(C(F)(F)F)ccc1CN(C)C1(C)CCN(C(=O)OC(C(F)(F)F)C(F)(F)F)CC1)C(C)C(=O)O. The lowest BCUT2D eigenvalue weighted by Gasteiger charge is -2.45. The van der Waals surface area contributed by atoms with E-state index < -0.39 is 53.8 Å². The van der Waals surface area contributed by atoms with Gasteiger partial charge in [-0.2, -0.15) is 39.5 Å². The van der Waals surface area contributed by atoms with E-state index in [9.17, 15) is 54.2 Å². The summed E-state index contributed by atoms with van der Waals surface area (Å²) >= 11 is 0. The van der Waals surface area contributed by atoms with Gasteiger partial charge in [0, 0.05) is 37.4 Å². The molecule has 1 heterocycles. The number of alkyl halides is 9. The van der Waals surface area contributed by atoms with Crippen molar-refractivity contribution >= 4 is 17.7 Å². The van der Waals surface area contributed by atoms with Crippen molar-refractivity contribution in [2.45, 2.75) is 76.4 Å². The number of carbonyl (C=O) groups is 2. The summed E-state index contributed by atoms with van der Waals surface area (Å²) in [6.07, 6.45) is -22.2. The molecule has 228 valence electrons. The van der Waals surface area contributed by atoms with Crippen LogP contribution in [0.15, 0.2) is 18.2 Å². The summed E-state index contributed by atoms with van der Waals surface area (Å²) in [5, 5.41) is 9.46. The number of amides is 1. The summed E-state index contributed by atoms with van der Waals surface area (Å²) < 4.78 is 121. The Morgan fingerprint density at radius 1 is 1.05 bits per heavy atom. The number of ether oxygens (including phenoxy) is 1. The molecule has 1 aliphatic heterocycles. The van der Waals surface area contributed by atoms with Crippen molar-refractivity contribution in [1.82, 2.24) is 9.80 Å². The molecule has 0 spiro atoms. The Balaban J connectivity index is 2.23. The average molecular weight is 596 g/mol. The van der Waals surface area contributed by atoms with Crippen molar-refractivity contribution < 1.29 is 58.9 Å². The van der Waals surface area contributed by atoms with Gasteiger partial charge in [0.1, 0.15) is 6.04 Å². The number of halogens is 9. The quantitative estimate of drug-likeness (QED) is 0.377. The third kappa shape index (κ3) is 7.85. The van der Waals surface area contributed by atoms with Gasteiger partial charge in [-0.1, -0.05) is 6.07 Å². The predicted molar refractivity (Wildman–Crippen MR) is 125 cm³/mol. The number of hydrogen-bond donors (Lipinski definition) is 1. The first-order valence-corrected chi connectivity index (χ1v) is 12.1. The van der Waals surface area contributed by atoms with Crippen molar-refractivity contribution in [2.24, 2.45) is 0 Å². The van der Waals surface area contributed by atoms with Crippen LogP contribution < -0.4 is 4.90 Å². The monoisotopic (exact) mass is 595 g/mol. The number of aliphatic carboxylic acids is 1. The largest absolute Gasteiger partial charge is 0.480 e. The van der Waals surface area contributed by atoms with E-state index in [1.54, 1.807) is 25.8 Å². The lowest BCUT2D eigenvalue weighted by molar-refractivity contribution is -0.308. The molecule has 1 N–H and O–H groups in total. The first kappa shape index (κ1) is 33.3. The van der Waals surface area contributed by atoms with Crippen molar-refractivity contribution in [1.29, 1.82) is 0 Å². The van der Waals surface area contributed by atoms with Gasteiger partial charge >= 0.3 is 30.6 Å². The van der Waals surface area contributed by atoms with E-state index in [1.807, 2.05) is 0 Å². The number of likely N-dealkylation sites (tertiary alicyclic amines) is 1. The van der Waals surface area contributed by atoms with Gasteiger partial charge in [0.05, 0.1) is 5.56 Å².